The van der Waals surface area contributed by atoms with Crippen LogP contribution in [0.2, 0.25) is 0 Å². The van der Waals surface area contributed by atoms with E-state index in [4.69, 9.17) is 0 Å². The van der Waals surface area contributed by atoms with Crippen LogP contribution in [0.25, 0.3) is 22.5 Å². The fourth-order valence-electron chi connectivity index (χ4n) is 3.16. The standard InChI is InChI=1S/C21H25N3O/c1-4-5-6-9-16-11-12-18(17-10-7-8-14(2)13-17)20(25)19(16)21-22-15(3)23-24-21/h7-8,10-13,25H,4-6,9H2,1-3H3,(H,22,23,24). The number of rotatable bonds is 6. The molecule has 0 atom stereocenters. The van der Waals surface area contributed by atoms with Crippen LogP contribution >= 0.6 is 0 Å². The molecule has 4 heteroatoms. The molecule has 0 aliphatic rings. The molecule has 0 unspecified atom stereocenters. The Hall–Kier alpha value is -2.62. The van der Waals surface area contributed by atoms with Gasteiger partial charge in [-0.3, -0.25) is 5.10 Å². The second-order valence-electron chi connectivity index (χ2n) is 6.57. The van der Waals surface area contributed by atoms with Crippen LogP contribution < -0.4 is 0 Å². The zero-order valence-corrected chi connectivity index (χ0v) is 15.1. The quantitative estimate of drug-likeness (QED) is 0.609. The number of aromatic amines is 1. The topological polar surface area (TPSA) is 61.8 Å². The van der Waals surface area contributed by atoms with Gasteiger partial charge in [0.25, 0.3) is 0 Å². The lowest BCUT2D eigenvalue weighted by Gasteiger charge is -2.14. The predicted octanol–water partition coefficient (Wildman–Crippen LogP) is 5.19. The Morgan fingerprint density at radius 1 is 1.08 bits per heavy atom. The molecular weight excluding hydrogens is 310 g/mol. The van der Waals surface area contributed by atoms with Crippen molar-refractivity contribution in [2.75, 3.05) is 0 Å². The molecule has 0 fully saturated rings. The van der Waals surface area contributed by atoms with Gasteiger partial charge in [0.2, 0.25) is 0 Å². The monoisotopic (exact) mass is 335 g/mol. The minimum Gasteiger partial charge on any atom is -0.507 e. The number of phenols is 1. The maximum atomic E-state index is 11.0. The number of nitrogens with one attached hydrogen (secondary N) is 1. The summed E-state index contributed by atoms with van der Waals surface area (Å²) in [5.74, 6) is 1.57. The molecule has 4 nitrogen and oxygen atoms in total. The van der Waals surface area contributed by atoms with Crippen molar-refractivity contribution in [3.63, 3.8) is 0 Å². The molecule has 1 heterocycles. The molecule has 130 valence electrons. The Morgan fingerprint density at radius 2 is 1.92 bits per heavy atom. The fourth-order valence-corrected chi connectivity index (χ4v) is 3.16. The first-order valence-corrected chi connectivity index (χ1v) is 8.91. The molecule has 0 radical (unpaired) electrons. The number of hydrogen-bond donors (Lipinski definition) is 2. The minimum absolute atomic E-state index is 0.263. The Bertz CT molecular complexity index is 867. The molecule has 0 aliphatic carbocycles. The van der Waals surface area contributed by atoms with E-state index in [1.54, 1.807) is 0 Å². The predicted molar refractivity (Wildman–Crippen MR) is 102 cm³/mol. The van der Waals surface area contributed by atoms with Gasteiger partial charge in [0.15, 0.2) is 5.82 Å². The van der Waals surface area contributed by atoms with Crippen molar-refractivity contribution in [3.05, 3.63) is 53.3 Å². The van der Waals surface area contributed by atoms with Gasteiger partial charge in [0, 0.05) is 5.56 Å². The molecule has 3 rings (SSSR count). The first-order chi connectivity index (χ1) is 12.1. The van der Waals surface area contributed by atoms with Gasteiger partial charge in [0.05, 0.1) is 5.56 Å². The molecule has 0 bridgehead atoms. The van der Waals surface area contributed by atoms with E-state index in [0.717, 1.165) is 40.9 Å². The van der Waals surface area contributed by atoms with Crippen LogP contribution in [-0.2, 0) is 6.42 Å². The van der Waals surface area contributed by atoms with Crippen molar-refractivity contribution >= 4 is 0 Å². The summed E-state index contributed by atoms with van der Waals surface area (Å²) in [6.45, 7) is 6.12. The van der Waals surface area contributed by atoms with E-state index in [-0.39, 0.29) is 5.75 Å². The number of nitrogens with zero attached hydrogens (tertiary/aromatic N) is 2. The van der Waals surface area contributed by atoms with Gasteiger partial charge in [-0.1, -0.05) is 61.7 Å². The van der Waals surface area contributed by atoms with Gasteiger partial charge >= 0.3 is 0 Å². The molecule has 1 aromatic heterocycles. The fraction of sp³-hybridized carbons (Fsp3) is 0.333. The Balaban J connectivity index is 2.11. The van der Waals surface area contributed by atoms with Crippen LogP contribution in [0.5, 0.6) is 5.75 Å². The van der Waals surface area contributed by atoms with Gasteiger partial charge < -0.3 is 5.11 Å². The lowest BCUT2D eigenvalue weighted by Crippen LogP contribution is -1.95. The highest BCUT2D eigenvalue weighted by molar-refractivity contribution is 5.82. The number of phenolic OH excluding ortho intramolecular Hbond substituents is 1. The second-order valence-corrected chi connectivity index (χ2v) is 6.57. The molecule has 0 amide bonds. The van der Waals surface area contributed by atoms with E-state index < -0.39 is 0 Å². The van der Waals surface area contributed by atoms with Gasteiger partial charge in [0.1, 0.15) is 11.6 Å². The number of aromatic nitrogens is 3. The number of benzene rings is 2. The molecular formula is C21H25N3O. The summed E-state index contributed by atoms with van der Waals surface area (Å²) >= 11 is 0. The van der Waals surface area contributed by atoms with Crippen LogP contribution in [0.4, 0.5) is 0 Å². The summed E-state index contributed by atoms with van der Waals surface area (Å²) in [4.78, 5) is 4.46. The highest BCUT2D eigenvalue weighted by Gasteiger charge is 2.18. The van der Waals surface area contributed by atoms with Gasteiger partial charge in [-0.15, -0.1) is 0 Å². The van der Waals surface area contributed by atoms with Gasteiger partial charge in [-0.25, -0.2) is 4.98 Å². The summed E-state index contributed by atoms with van der Waals surface area (Å²) in [7, 11) is 0. The summed E-state index contributed by atoms with van der Waals surface area (Å²) in [6, 6.07) is 12.3. The average Bonchev–Trinajstić information content (AvgIpc) is 3.01. The molecule has 2 aromatic carbocycles. The molecule has 0 saturated heterocycles. The maximum absolute atomic E-state index is 11.0. The lowest BCUT2D eigenvalue weighted by atomic mass is 9.93. The third-order valence-corrected chi connectivity index (χ3v) is 4.46. The van der Waals surface area contributed by atoms with Gasteiger partial charge in [-0.05, 0) is 37.8 Å². The van der Waals surface area contributed by atoms with E-state index in [0.29, 0.717) is 5.82 Å². The van der Waals surface area contributed by atoms with E-state index in [9.17, 15) is 5.11 Å². The summed E-state index contributed by atoms with van der Waals surface area (Å²) in [6.07, 6.45) is 4.35. The highest BCUT2D eigenvalue weighted by atomic mass is 16.3. The number of aromatic hydroxyl groups is 1. The zero-order valence-electron chi connectivity index (χ0n) is 15.1. The van der Waals surface area contributed by atoms with Crippen LogP contribution in [-0.4, -0.2) is 20.3 Å². The van der Waals surface area contributed by atoms with E-state index in [2.05, 4.69) is 47.2 Å². The lowest BCUT2D eigenvalue weighted by molar-refractivity contribution is 0.478. The summed E-state index contributed by atoms with van der Waals surface area (Å²) in [5.41, 5.74) is 4.84. The number of hydrogen-bond acceptors (Lipinski definition) is 3. The molecule has 2 N–H and O–H groups in total. The van der Waals surface area contributed by atoms with Gasteiger partial charge in [-0.2, -0.15) is 5.10 Å². The van der Waals surface area contributed by atoms with E-state index in [1.165, 1.54) is 18.4 Å². The molecule has 0 aliphatic heterocycles. The van der Waals surface area contributed by atoms with Crippen LogP contribution in [0, 0.1) is 13.8 Å². The average molecular weight is 335 g/mol. The molecule has 3 aromatic rings. The van der Waals surface area contributed by atoms with Crippen molar-refractivity contribution in [1.29, 1.82) is 0 Å². The second kappa shape index (κ2) is 7.51. The Morgan fingerprint density at radius 3 is 2.60 bits per heavy atom. The van der Waals surface area contributed by atoms with Crippen molar-refractivity contribution in [2.24, 2.45) is 0 Å². The first-order valence-electron chi connectivity index (χ1n) is 8.91. The molecule has 0 saturated carbocycles. The number of H-pyrrole nitrogens is 1. The SMILES string of the molecule is CCCCCc1ccc(-c2cccc(C)c2)c(O)c1-c1n[nH]c(C)n1. The van der Waals surface area contributed by atoms with Crippen molar-refractivity contribution in [1.82, 2.24) is 15.2 Å². The number of unbranched alkanes of at least 4 members (excludes halogenated alkanes) is 2. The maximum Gasteiger partial charge on any atom is 0.185 e. The zero-order chi connectivity index (χ0) is 17.8. The highest BCUT2D eigenvalue weighted by Crippen LogP contribution is 2.40. The largest absolute Gasteiger partial charge is 0.507 e. The van der Waals surface area contributed by atoms with E-state index >= 15 is 0 Å². The smallest absolute Gasteiger partial charge is 0.185 e. The number of aryl methyl sites for hydroxylation is 3. The summed E-state index contributed by atoms with van der Waals surface area (Å²) in [5, 5.41) is 18.2. The van der Waals surface area contributed by atoms with Crippen molar-refractivity contribution in [3.8, 4) is 28.3 Å². The third-order valence-electron chi connectivity index (χ3n) is 4.46. The van der Waals surface area contributed by atoms with Crippen molar-refractivity contribution < 1.29 is 5.11 Å². The Labute approximate surface area is 149 Å². The third kappa shape index (κ3) is 3.73. The minimum atomic E-state index is 0.263. The van der Waals surface area contributed by atoms with Crippen LogP contribution in [0.1, 0.15) is 43.1 Å². The summed E-state index contributed by atoms with van der Waals surface area (Å²) < 4.78 is 0. The molecule has 25 heavy (non-hydrogen) atoms. The van der Waals surface area contributed by atoms with Crippen LogP contribution in [0.15, 0.2) is 36.4 Å². The normalized spacial score (nSPS) is 11.0. The Kier molecular flexibility index (Phi) is 5.17. The van der Waals surface area contributed by atoms with Crippen LogP contribution in [0.3, 0.4) is 0 Å². The van der Waals surface area contributed by atoms with E-state index in [1.807, 2.05) is 25.1 Å². The molecule has 0 spiro atoms. The van der Waals surface area contributed by atoms with Crippen molar-refractivity contribution in [2.45, 2.75) is 46.5 Å². The first kappa shape index (κ1) is 17.2.